The summed E-state index contributed by atoms with van der Waals surface area (Å²) in [5.41, 5.74) is 3.22. The number of aryl methyl sites for hydroxylation is 2. The summed E-state index contributed by atoms with van der Waals surface area (Å²) >= 11 is 1.22. The second-order valence-corrected chi connectivity index (χ2v) is 8.38. The number of nitrogens with zero attached hydrogens (tertiary/aromatic N) is 3. The van der Waals surface area contributed by atoms with E-state index in [0.717, 1.165) is 16.8 Å². The van der Waals surface area contributed by atoms with Gasteiger partial charge in [-0.2, -0.15) is 0 Å². The Kier molecular flexibility index (Phi) is 8.07. The zero-order chi connectivity index (χ0) is 24.0. The monoisotopic (exact) mass is 469 g/mol. The van der Waals surface area contributed by atoms with Gasteiger partial charge in [0.2, 0.25) is 5.91 Å². The van der Waals surface area contributed by atoms with E-state index < -0.39 is 6.04 Å². The first kappa shape index (κ1) is 24.3. The van der Waals surface area contributed by atoms with Gasteiger partial charge in [0.1, 0.15) is 11.8 Å². The first-order chi connectivity index (χ1) is 15.8. The summed E-state index contributed by atoms with van der Waals surface area (Å²) in [4.78, 5) is 25.0. The van der Waals surface area contributed by atoms with Crippen LogP contribution in [0.2, 0.25) is 0 Å². The van der Waals surface area contributed by atoms with E-state index in [1.54, 1.807) is 43.0 Å². The summed E-state index contributed by atoms with van der Waals surface area (Å²) in [6, 6.07) is 11.7. The summed E-state index contributed by atoms with van der Waals surface area (Å²) in [6.45, 7) is 3.53. The summed E-state index contributed by atoms with van der Waals surface area (Å²) in [6.07, 6.45) is 0. The highest BCUT2D eigenvalue weighted by Gasteiger charge is 2.22. The number of aromatic nitrogens is 3. The summed E-state index contributed by atoms with van der Waals surface area (Å²) in [5.74, 6) is 0.649. The Balaban J connectivity index is 1.63. The molecule has 0 bridgehead atoms. The van der Waals surface area contributed by atoms with E-state index in [1.165, 1.54) is 11.8 Å². The van der Waals surface area contributed by atoms with Gasteiger partial charge < -0.3 is 25.0 Å². The molecule has 0 spiro atoms. The normalized spacial score (nSPS) is 11.7. The molecule has 1 atom stereocenters. The molecular weight excluding hydrogens is 442 g/mol. The third-order valence-corrected chi connectivity index (χ3v) is 6.12. The molecule has 0 aliphatic carbocycles. The van der Waals surface area contributed by atoms with Gasteiger partial charge in [-0.15, -0.1) is 10.2 Å². The maximum atomic E-state index is 12.6. The van der Waals surface area contributed by atoms with E-state index >= 15 is 0 Å². The molecule has 9 nitrogen and oxygen atoms in total. The van der Waals surface area contributed by atoms with Crippen molar-refractivity contribution >= 4 is 29.3 Å². The number of para-hydroxylation sites is 1. The lowest BCUT2D eigenvalue weighted by Gasteiger charge is -2.16. The van der Waals surface area contributed by atoms with Crippen LogP contribution in [0.3, 0.4) is 0 Å². The predicted octanol–water partition coefficient (Wildman–Crippen LogP) is 2.63. The van der Waals surface area contributed by atoms with Crippen LogP contribution in [-0.4, -0.2) is 51.2 Å². The highest BCUT2D eigenvalue weighted by atomic mass is 32.2. The van der Waals surface area contributed by atoms with Gasteiger partial charge in [-0.05, 0) is 49.2 Å². The lowest BCUT2D eigenvalue weighted by Crippen LogP contribution is -2.32. The summed E-state index contributed by atoms with van der Waals surface area (Å²) in [5, 5.41) is 24.3. The first-order valence-corrected chi connectivity index (χ1v) is 11.3. The number of rotatable bonds is 9. The number of carbonyl (C=O) groups excluding carboxylic acids is 2. The minimum atomic E-state index is -0.755. The quantitative estimate of drug-likeness (QED) is 0.412. The van der Waals surface area contributed by atoms with Crippen molar-refractivity contribution in [3.05, 3.63) is 65.0 Å². The predicted molar refractivity (Wildman–Crippen MR) is 127 cm³/mol. The number of anilines is 1. The molecule has 33 heavy (non-hydrogen) atoms. The van der Waals surface area contributed by atoms with Crippen LogP contribution in [0.25, 0.3) is 0 Å². The SMILES string of the molecule is COc1ccc(C(=O)N[C@H](CO)c2nnc(SCC(=O)Nc3c(C)cccc3C)n2C)cc1. The van der Waals surface area contributed by atoms with Crippen molar-refractivity contribution in [1.29, 1.82) is 0 Å². The Bertz CT molecular complexity index is 1110. The van der Waals surface area contributed by atoms with Gasteiger partial charge in [-0.1, -0.05) is 30.0 Å². The molecule has 0 aliphatic heterocycles. The van der Waals surface area contributed by atoms with E-state index in [4.69, 9.17) is 4.74 Å². The fourth-order valence-corrected chi connectivity index (χ4v) is 3.97. The summed E-state index contributed by atoms with van der Waals surface area (Å²) in [7, 11) is 3.27. The van der Waals surface area contributed by atoms with Crippen molar-refractivity contribution in [2.75, 3.05) is 24.8 Å². The number of carbonyl (C=O) groups is 2. The second-order valence-electron chi connectivity index (χ2n) is 7.44. The maximum absolute atomic E-state index is 12.6. The largest absolute Gasteiger partial charge is 0.497 e. The molecule has 1 aromatic heterocycles. The minimum absolute atomic E-state index is 0.141. The topological polar surface area (TPSA) is 118 Å². The molecule has 0 saturated heterocycles. The molecule has 3 rings (SSSR count). The Morgan fingerprint density at radius 1 is 1.12 bits per heavy atom. The first-order valence-electron chi connectivity index (χ1n) is 10.3. The van der Waals surface area contributed by atoms with Crippen molar-refractivity contribution in [2.45, 2.75) is 25.0 Å². The molecule has 0 fully saturated rings. The van der Waals surface area contributed by atoms with Crippen LogP contribution in [0.1, 0.15) is 33.4 Å². The second kappa shape index (κ2) is 11.0. The molecular formula is C23H27N5O4S. The molecule has 3 aromatic rings. The molecule has 2 amide bonds. The molecule has 174 valence electrons. The number of aliphatic hydroxyl groups is 1. The van der Waals surface area contributed by atoms with Crippen molar-refractivity contribution in [1.82, 2.24) is 20.1 Å². The Morgan fingerprint density at radius 3 is 2.39 bits per heavy atom. The number of aliphatic hydroxyl groups excluding tert-OH is 1. The highest BCUT2D eigenvalue weighted by molar-refractivity contribution is 7.99. The number of hydrogen-bond donors (Lipinski definition) is 3. The van der Waals surface area contributed by atoms with Gasteiger partial charge in [0.25, 0.3) is 5.91 Å². The average molecular weight is 470 g/mol. The van der Waals surface area contributed by atoms with Gasteiger partial charge in [-0.25, -0.2) is 0 Å². The number of amides is 2. The highest BCUT2D eigenvalue weighted by Crippen LogP contribution is 2.22. The molecule has 0 radical (unpaired) electrons. The van der Waals surface area contributed by atoms with Crippen LogP contribution in [0.15, 0.2) is 47.6 Å². The van der Waals surface area contributed by atoms with E-state index in [9.17, 15) is 14.7 Å². The molecule has 0 unspecified atom stereocenters. The van der Waals surface area contributed by atoms with E-state index in [1.807, 2.05) is 32.0 Å². The molecule has 2 aromatic carbocycles. The standard InChI is InChI=1S/C23H27N5O4S/c1-14-6-5-7-15(2)20(14)25-19(30)13-33-23-27-26-21(28(23)3)18(12-29)24-22(31)16-8-10-17(32-4)11-9-16/h5-11,18,29H,12-13H2,1-4H3,(H,24,31)(H,25,30)/t18-/m1/s1. The number of nitrogens with one attached hydrogen (secondary N) is 2. The molecule has 10 heteroatoms. The van der Waals surface area contributed by atoms with E-state index in [-0.39, 0.29) is 24.2 Å². The van der Waals surface area contributed by atoms with Crippen LogP contribution < -0.4 is 15.4 Å². The molecule has 1 heterocycles. The minimum Gasteiger partial charge on any atom is -0.497 e. The van der Waals surface area contributed by atoms with E-state index in [2.05, 4.69) is 20.8 Å². The number of ether oxygens (including phenoxy) is 1. The van der Waals surface area contributed by atoms with Crippen LogP contribution in [0.4, 0.5) is 5.69 Å². The fraction of sp³-hybridized carbons (Fsp3) is 0.304. The number of thioether (sulfide) groups is 1. The lowest BCUT2D eigenvalue weighted by atomic mass is 10.1. The maximum Gasteiger partial charge on any atom is 0.251 e. The zero-order valence-corrected chi connectivity index (χ0v) is 19.8. The van der Waals surface area contributed by atoms with Crippen molar-refractivity contribution < 1.29 is 19.4 Å². The third-order valence-electron chi connectivity index (χ3n) is 5.10. The fourth-order valence-electron chi connectivity index (χ4n) is 3.25. The molecule has 0 aliphatic rings. The van der Waals surface area contributed by atoms with Crippen molar-refractivity contribution in [3.8, 4) is 5.75 Å². The van der Waals surface area contributed by atoms with E-state index in [0.29, 0.717) is 22.3 Å². The zero-order valence-electron chi connectivity index (χ0n) is 19.0. The number of methoxy groups -OCH3 is 1. The van der Waals surface area contributed by atoms with Gasteiger partial charge in [0.15, 0.2) is 11.0 Å². The van der Waals surface area contributed by atoms with Crippen molar-refractivity contribution in [2.24, 2.45) is 7.05 Å². The van der Waals surface area contributed by atoms with Crippen molar-refractivity contribution in [3.63, 3.8) is 0 Å². The van der Waals surface area contributed by atoms with Gasteiger partial charge in [0.05, 0.1) is 19.5 Å². The van der Waals surface area contributed by atoms with Gasteiger partial charge >= 0.3 is 0 Å². The third kappa shape index (κ3) is 5.91. The Morgan fingerprint density at radius 2 is 1.79 bits per heavy atom. The number of hydrogen-bond acceptors (Lipinski definition) is 7. The summed E-state index contributed by atoms with van der Waals surface area (Å²) < 4.78 is 6.76. The smallest absolute Gasteiger partial charge is 0.251 e. The van der Waals surface area contributed by atoms with Crippen LogP contribution in [0.5, 0.6) is 5.75 Å². The molecule has 3 N–H and O–H groups in total. The van der Waals surface area contributed by atoms with Gasteiger partial charge in [-0.3, -0.25) is 9.59 Å². The Labute approximate surface area is 196 Å². The lowest BCUT2D eigenvalue weighted by molar-refractivity contribution is -0.113. The van der Waals surface area contributed by atoms with Crippen LogP contribution >= 0.6 is 11.8 Å². The van der Waals surface area contributed by atoms with Crippen LogP contribution in [0, 0.1) is 13.8 Å². The van der Waals surface area contributed by atoms with Gasteiger partial charge in [0, 0.05) is 18.3 Å². The number of benzene rings is 2. The average Bonchev–Trinajstić information content (AvgIpc) is 3.18. The Hall–Kier alpha value is -3.37. The van der Waals surface area contributed by atoms with Crippen LogP contribution in [-0.2, 0) is 11.8 Å². The molecule has 0 saturated carbocycles.